The van der Waals surface area contributed by atoms with Gasteiger partial charge in [0.1, 0.15) is 18.5 Å². The molecule has 1 aromatic heterocycles. The Morgan fingerprint density at radius 3 is 2.61 bits per heavy atom. The smallest absolute Gasteiger partial charge is 0.228 e. The van der Waals surface area contributed by atoms with Crippen molar-refractivity contribution in [3.05, 3.63) is 60.7 Å². The van der Waals surface area contributed by atoms with Crippen LogP contribution in [-0.2, 0) is 7.05 Å². The molecule has 3 nitrogen and oxygen atoms in total. The monoisotopic (exact) mass is 299 g/mol. The third-order valence-corrected chi connectivity index (χ3v) is 4.63. The Morgan fingerprint density at radius 1 is 0.870 bits per heavy atom. The Morgan fingerprint density at radius 2 is 1.70 bits per heavy atom. The maximum atomic E-state index is 6.14. The molecule has 0 radical (unpaired) electrons. The molecule has 4 aromatic rings. The highest BCUT2D eigenvalue weighted by Crippen LogP contribution is 2.46. The summed E-state index contributed by atoms with van der Waals surface area (Å²) in [6.45, 7) is 0. The minimum atomic E-state index is 0.774. The fourth-order valence-electron chi connectivity index (χ4n) is 3.61. The van der Waals surface area contributed by atoms with E-state index in [1.54, 1.807) is 0 Å². The van der Waals surface area contributed by atoms with Crippen LogP contribution >= 0.6 is 0 Å². The Hall–Kier alpha value is -3.07. The van der Waals surface area contributed by atoms with Crippen molar-refractivity contribution in [2.75, 3.05) is 5.73 Å². The molecule has 0 fully saturated rings. The molecular weight excluding hydrogens is 284 g/mol. The number of hydrogen-bond donors (Lipinski definition) is 1. The zero-order chi connectivity index (χ0) is 15.6. The lowest BCUT2D eigenvalue weighted by Gasteiger charge is -2.20. The number of fused-ring (bicyclic) bond motifs is 4. The van der Waals surface area contributed by atoms with Crippen molar-refractivity contribution in [1.29, 1.82) is 0 Å². The molecule has 0 unspecified atom stereocenters. The Labute approximate surface area is 133 Å². The maximum Gasteiger partial charge on any atom is 0.228 e. The number of anilines is 1. The number of aromatic nitrogens is 1. The lowest BCUT2D eigenvalue weighted by molar-refractivity contribution is -0.632. The first-order chi connectivity index (χ1) is 11.2. The number of aryl methyl sites for hydroxylation is 1. The van der Waals surface area contributed by atoms with Crippen LogP contribution in [-0.4, -0.2) is 0 Å². The van der Waals surface area contributed by atoms with E-state index in [0.29, 0.717) is 0 Å². The van der Waals surface area contributed by atoms with Crippen LogP contribution in [0.15, 0.2) is 60.7 Å². The molecule has 110 valence electrons. The molecule has 1 aliphatic rings. The second kappa shape index (κ2) is 4.23. The summed E-state index contributed by atoms with van der Waals surface area (Å²) in [5.74, 6) is 1.80. The summed E-state index contributed by atoms with van der Waals surface area (Å²) in [5.41, 5.74) is 10.2. The molecular formula is C20H15N2O+. The first-order valence-electron chi connectivity index (χ1n) is 7.65. The molecule has 2 N–H and O–H groups in total. The second-order valence-electron chi connectivity index (χ2n) is 5.96. The number of nitrogens with two attached hydrogens (primary N) is 1. The number of rotatable bonds is 0. The fourth-order valence-corrected chi connectivity index (χ4v) is 3.61. The number of nitrogens with zero attached hydrogens (tertiary/aromatic N) is 1. The average Bonchev–Trinajstić information content (AvgIpc) is 2.58. The number of para-hydroxylation sites is 1. The van der Waals surface area contributed by atoms with Crippen molar-refractivity contribution in [2.24, 2.45) is 7.05 Å². The third kappa shape index (κ3) is 1.56. The molecule has 0 spiro atoms. The summed E-state index contributed by atoms with van der Waals surface area (Å²) in [4.78, 5) is 0. The minimum Gasteiger partial charge on any atom is -0.456 e. The van der Waals surface area contributed by atoms with Gasteiger partial charge in [0, 0.05) is 17.1 Å². The van der Waals surface area contributed by atoms with Gasteiger partial charge in [-0.25, -0.2) is 0 Å². The van der Waals surface area contributed by atoms with Crippen molar-refractivity contribution in [2.45, 2.75) is 0 Å². The van der Waals surface area contributed by atoms with Crippen LogP contribution in [0.1, 0.15) is 0 Å². The second-order valence-corrected chi connectivity index (χ2v) is 5.96. The van der Waals surface area contributed by atoms with E-state index in [0.717, 1.165) is 33.7 Å². The topological polar surface area (TPSA) is 39.1 Å². The van der Waals surface area contributed by atoms with Crippen molar-refractivity contribution >= 4 is 27.4 Å². The fraction of sp³-hybridized carbons (Fsp3) is 0.0500. The Kier molecular flexibility index (Phi) is 2.29. The van der Waals surface area contributed by atoms with Crippen LogP contribution < -0.4 is 15.0 Å². The minimum absolute atomic E-state index is 0.774. The van der Waals surface area contributed by atoms with Crippen LogP contribution in [0.3, 0.4) is 0 Å². The van der Waals surface area contributed by atoms with Gasteiger partial charge in [0.2, 0.25) is 11.2 Å². The van der Waals surface area contributed by atoms with E-state index in [1.165, 1.54) is 16.5 Å². The van der Waals surface area contributed by atoms with Crippen LogP contribution in [0.25, 0.3) is 32.9 Å². The van der Waals surface area contributed by atoms with Crippen LogP contribution in [0, 0.1) is 0 Å². The highest BCUT2D eigenvalue weighted by Gasteiger charge is 2.29. The summed E-state index contributed by atoms with van der Waals surface area (Å²) >= 11 is 0. The highest BCUT2D eigenvalue weighted by molar-refractivity contribution is 6.12. The van der Waals surface area contributed by atoms with Gasteiger partial charge in [0.05, 0.1) is 16.3 Å². The Bertz CT molecular complexity index is 1120. The van der Waals surface area contributed by atoms with Gasteiger partial charge in [0.25, 0.3) is 0 Å². The van der Waals surface area contributed by atoms with Gasteiger partial charge in [-0.1, -0.05) is 24.3 Å². The third-order valence-electron chi connectivity index (χ3n) is 4.63. The summed E-state index contributed by atoms with van der Waals surface area (Å²) in [6.07, 6.45) is 0. The first kappa shape index (κ1) is 12.5. The molecule has 0 saturated carbocycles. The van der Waals surface area contributed by atoms with Crippen molar-refractivity contribution < 1.29 is 9.30 Å². The summed E-state index contributed by atoms with van der Waals surface area (Å²) < 4.78 is 8.36. The molecule has 23 heavy (non-hydrogen) atoms. The predicted molar refractivity (Wildman–Crippen MR) is 92.6 cm³/mol. The van der Waals surface area contributed by atoms with Gasteiger partial charge in [-0.3, -0.25) is 0 Å². The number of hydrogen-bond acceptors (Lipinski definition) is 2. The Balaban J connectivity index is 2.10. The molecule has 0 bridgehead atoms. The van der Waals surface area contributed by atoms with Crippen molar-refractivity contribution in [3.63, 3.8) is 0 Å². The van der Waals surface area contributed by atoms with Gasteiger partial charge in [-0.05, 0) is 30.3 Å². The molecule has 3 aromatic carbocycles. The summed E-state index contributed by atoms with van der Waals surface area (Å²) in [7, 11) is 2.09. The van der Waals surface area contributed by atoms with Crippen molar-refractivity contribution in [3.8, 4) is 22.8 Å². The van der Waals surface area contributed by atoms with E-state index in [1.807, 2.05) is 42.5 Å². The molecule has 0 aliphatic carbocycles. The number of nitrogen functional groups attached to an aromatic ring is 1. The molecule has 0 saturated heterocycles. The van der Waals surface area contributed by atoms with Gasteiger partial charge in [-0.15, -0.1) is 0 Å². The molecule has 5 rings (SSSR count). The van der Waals surface area contributed by atoms with E-state index in [9.17, 15) is 0 Å². The van der Waals surface area contributed by atoms with E-state index in [-0.39, 0.29) is 0 Å². The molecule has 0 amide bonds. The van der Waals surface area contributed by atoms with E-state index < -0.39 is 0 Å². The predicted octanol–water partition coefficient (Wildman–Crippen LogP) is 4.17. The maximum absolute atomic E-state index is 6.14. The van der Waals surface area contributed by atoms with Crippen LogP contribution in [0.2, 0.25) is 0 Å². The quantitative estimate of drug-likeness (QED) is 0.265. The molecule has 2 heterocycles. The number of benzene rings is 3. The lowest BCUT2D eigenvalue weighted by Crippen LogP contribution is -2.33. The van der Waals surface area contributed by atoms with E-state index in [4.69, 9.17) is 10.5 Å². The normalized spacial score (nSPS) is 12.2. The molecule has 3 heteroatoms. The standard InChI is InChI=1S/C20H14N2O/c1-22-16-11-12(21)9-10-13(16)14-6-4-8-18-19(14)20(22)15-5-2-3-7-17(15)23-18/h2-11,21H,1H3/p+1. The van der Waals surface area contributed by atoms with Crippen LogP contribution in [0.4, 0.5) is 5.69 Å². The van der Waals surface area contributed by atoms with E-state index in [2.05, 4.69) is 29.8 Å². The summed E-state index contributed by atoms with van der Waals surface area (Å²) in [5, 5.41) is 3.54. The van der Waals surface area contributed by atoms with Crippen molar-refractivity contribution in [1.82, 2.24) is 0 Å². The van der Waals surface area contributed by atoms with Gasteiger partial charge in [-0.2, -0.15) is 4.57 Å². The highest BCUT2D eigenvalue weighted by atomic mass is 16.5. The number of ether oxygens (including phenoxy) is 1. The number of pyridine rings is 1. The zero-order valence-corrected chi connectivity index (χ0v) is 12.7. The lowest BCUT2D eigenvalue weighted by atomic mass is 9.96. The van der Waals surface area contributed by atoms with Gasteiger partial charge >= 0.3 is 0 Å². The van der Waals surface area contributed by atoms with E-state index >= 15 is 0 Å². The van der Waals surface area contributed by atoms with Gasteiger partial charge < -0.3 is 10.5 Å². The first-order valence-corrected chi connectivity index (χ1v) is 7.65. The largest absolute Gasteiger partial charge is 0.456 e. The van der Waals surface area contributed by atoms with Gasteiger partial charge in [0.15, 0.2) is 0 Å². The van der Waals surface area contributed by atoms with Crippen LogP contribution in [0.5, 0.6) is 11.5 Å². The SMILES string of the molecule is C[n+]1c2c3c(cccc3c3ccc(N)cc31)Oc1ccccc1-2. The molecule has 1 aliphatic heterocycles. The summed E-state index contributed by atoms with van der Waals surface area (Å²) in [6, 6.07) is 20.5. The molecule has 0 atom stereocenters. The zero-order valence-electron chi connectivity index (χ0n) is 12.7. The average molecular weight is 299 g/mol.